The molecule has 19 heavy (non-hydrogen) atoms. The zero-order valence-electron chi connectivity index (χ0n) is 11.1. The second kappa shape index (κ2) is 5.05. The van der Waals surface area contributed by atoms with Crippen LogP contribution in [0.25, 0.3) is 11.6 Å². The lowest BCUT2D eigenvalue weighted by Crippen LogP contribution is -2.24. The second-order valence-corrected chi connectivity index (χ2v) is 4.98. The molecule has 1 unspecified atom stereocenters. The molecule has 1 N–H and O–H groups in total. The molecule has 3 rings (SSSR count). The third-order valence-electron chi connectivity index (χ3n) is 3.29. The van der Waals surface area contributed by atoms with Crippen LogP contribution in [-0.2, 0) is 6.42 Å². The molecule has 0 bridgehead atoms. The number of hydrogen-bond donors (Lipinski definition) is 1. The van der Waals surface area contributed by atoms with Gasteiger partial charge in [-0.25, -0.2) is 9.97 Å². The van der Waals surface area contributed by atoms with Gasteiger partial charge in [0.05, 0.1) is 0 Å². The van der Waals surface area contributed by atoms with Crippen molar-refractivity contribution in [1.29, 1.82) is 0 Å². The van der Waals surface area contributed by atoms with Crippen molar-refractivity contribution >= 4 is 0 Å². The van der Waals surface area contributed by atoms with Gasteiger partial charge in [0.1, 0.15) is 11.5 Å². The van der Waals surface area contributed by atoms with Crippen LogP contribution in [0.2, 0.25) is 0 Å². The summed E-state index contributed by atoms with van der Waals surface area (Å²) in [5.41, 5.74) is 0.716. The standard InChI is InChI=1S/C13H17N5O/c1-8(14-2)7-11-17-13(19-18-11)10-5-6-15-12(16-10)9-3-4-9/h5-6,8-9,14H,3-4,7H2,1-2H3. The first kappa shape index (κ1) is 12.2. The lowest BCUT2D eigenvalue weighted by molar-refractivity contribution is 0.417. The van der Waals surface area contributed by atoms with Gasteiger partial charge >= 0.3 is 0 Å². The minimum absolute atomic E-state index is 0.317. The molecular formula is C13H17N5O. The smallest absolute Gasteiger partial charge is 0.276 e. The first-order valence-electron chi connectivity index (χ1n) is 6.59. The fourth-order valence-electron chi connectivity index (χ4n) is 1.85. The van der Waals surface area contributed by atoms with Crippen molar-refractivity contribution in [2.24, 2.45) is 0 Å². The van der Waals surface area contributed by atoms with E-state index in [1.807, 2.05) is 13.1 Å². The molecule has 0 radical (unpaired) electrons. The summed E-state index contributed by atoms with van der Waals surface area (Å²) in [4.78, 5) is 13.2. The number of aromatic nitrogens is 4. The molecule has 1 aliphatic carbocycles. The maximum Gasteiger partial charge on any atom is 0.276 e. The van der Waals surface area contributed by atoms with E-state index in [1.165, 1.54) is 12.8 Å². The van der Waals surface area contributed by atoms with Crippen molar-refractivity contribution < 1.29 is 4.52 Å². The van der Waals surface area contributed by atoms with Crippen molar-refractivity contribution in [3.63, 3.8) is 0 Å². The molecule has 0 amide bonds. The largest absolute Gasteiger partial charge is 0.332 e. The average molecular weight is 259 g/mol. The second-order valence-electron chi connectivity index (χ2n) is 4.98. The molecule has 2 aromatic rings. The van der Waals surface area contributed by atoms with Crippen LogP contribution < -0.4 is 5.32 Å². The molecular weight excluding hydrogens is 242 g/mol. The van der Waals surface area contributed by atoms with Crippen molar-refractivity contribution in [2.75, 3.05) is 7.05 Å². The summed E-state index contributed by atoms with van der Waals surface area (Å²) in [5.74, 6) is 2.58. The Labute approximate surface area is 111 Å². The first-order chi connectivity index (χ1) is 9.26. The molecule has 6 nitrogen and oxygen atoms in total. The molecule has 6 heteroatoms. The van der Waals surface area contributed by atoms with E-state index in [9.17, 15) is 0 Å². The number of nitrogens with one attached hydrogen (secondary N) is 1. The van der Waals surface area contributed by atoms with E-state index in [1.54, 1.807) is 6.20 Å². The van der Waals surface area contributed by atoms with Crippen LogP contribution in [0.15, 0.2) is 16.8 Å². The number of likely N-dealkylation sites (N-methyl/N-ethyl adjacent to an activating group) is 1. The Hall–Kier alpha value is -1.82. The van der Waals surface area contributed by atoms with Crippen LogP contribution in [0, 0.1) is 0 Å². The molecule has 1 atom stereocenters. The van der Waals surface area contributed by atoms with Crippen molar-refractivity contribution in [1.82, 2.24) is 25.4 Å². The van der Waals surface area contributed by atoms with E-state index in [4.69, 9.17) is 4.52 Å². The maximum atomic E-state index is 5.27. The summed E-state index contributed by atoms with van der Waals surface area (Å²) < 4.78 is 5.27. The summed E-state index contributed by atoms with van der Waals surface area (Å²) in [6.45, 7) is 2.08. The lowest BCUT2D eigenvalue weighted by Gasteiger charge is -2.04. The number of nitrogens with zero attached hydrogens (tertiary/aromatic N) is 4. The van der Waals surface area contributed by atoms with E-state index in [2.05, 4.69) is 32.3 Å². The molecule has 0 saturated heterocycles. The maximum absolute atomic E-state index is 5.27. The molecule has 0 aromatic carbocycles. The Morgan fingerprint density at radius 3 is 3.00 bits per heavy atom. The Kier molecular flexibility index (Phi) is 3.25. The Morgan fingerprint density at radius 1 is 1.42 bits per heavy atom. The highest BCUT2D eigenvalue weighted by atomic mass is 16.5. The third kappa shape index (κ3) is 2.78. The van der Waals surface area contributed by atoms with Crippen molar-refractivity contribution in [3.05, 3.63) is 23.9 Å². The molecule has 0 spiro atoms. The van der Waals surface area contributed by atoms with Crippen molar-refractivity contribution in [3.8, 4) is 11.6 Å². The third-order valence-corrected chi connectivity index (χ3v) is 3.29. The minimum atomic E-state index is 0.317. The fourth-order valence-corrected chi connectivity index (χ4v) is 1.85. The predicted molar refractivity (Wildman–Crippen MR) is 69.5 cm³/mol. The van der Waals surface area contributed by atoms with Crippen LogP contribution in [0.4, 0.5) is 0 Å². The molecule has 1 saturated carbocycles. The van der Waals surface area contributed by atoms with E-state index >= 15 is 0 Å². The van der Waals surface area contributed by atoms with Crippen LogP contribution in [0.5, 0.6) is 0 Å². The van der Waals surface area contributed by atoms with Gasteiger partial charge < -0.3 is 9.84 Å². The van der Waals surface area contributed by atoms with Gasteiger partial charge in [-0.15, -0.1) is 0 Å². The van der Waals surface area contributed by atoms with E-state index in [0.717, 1.165) is 12.2 Å². The fraction of sp³-hybridized carbons (Fsp3) is 0.538. The monoisotopic (exact) mass is 259 g/mol. The van der Waals surface area contributed by atoms with Gasteiger partial charge in [0.25, 0.3) is 5.89 Å². The Bertz CT molecular complexity index is 564. The van der Waals surface area contributed by atoms with Gasteiger partial charge in [0, 0.05) is 24.6 Å². The van der Waals surface area contributed by atoms with Gasteiger partial charge in [-0.3, -0.25) is 0 Å². The lowest BCUT2D eigenvalue weighted by atomic mass is 10.2. The highest BCUT2D eigenvalue weighted by molar-refractivity contribution is 5.45. The van der Waals surface area contributed by atoms with Gasteiger partial charge in [-0.05, 0) is 32.9 Å². The minimum Gasteiger partial charge on any atom is -0.332 e. The molecule has 1 fully saturated rings. The molecule has 100 valence electrons. The highest BCUT2D eigenvalue weighted by Crippen LogP contribution is 2.38. The Morgan fingerprint density at radius 2 is 2.26 bits per heavy atom. The van der Waals surface area contributed by atoms with Crippen molar-refractivity contribution in [2.45, 2.75) is 38.1 Å². The van der Waals surface area contributed by atoms with Crippen LogP contribution in [-0.4, -0.2) is 33.2 Å². The quantitative estimate of drug-likeness (QED) is 0.878. The molecule has 1 aliphatic rings. The van der Waals surface area contributed by atoms with E-state index < -0.39 is 0 Å². The zero-order chi connectivity index (χ0) is 13.2. The molecule has 2 heterocycles. The SMILES string of the molecule is CNC(C)Cc1noc(-c2ccnc(C3CC3)n2)n1. The first-order valence-corrected chi connectivity index (χ1v) is 6.59. The highest BCUT2D eigenvalue weighted by Gasteiger charge is 2.27. The zero-order valence-corrected chi connectivity index (χ0v) is 11.1. The van der Waals surface area contributed by atoms with Gasteiger partial charge in [0.2, 0.25) is 0 Å². The predicted octanol–water partition coefficient (Wildman–Crippen LogP) is 1.55. The van der Waals surface area contributed by atoms with E-state index in [0.29, 0.717) is 29.4 Å². The summed E-state index contributed by atoms with van der Waals surface area (Å²) in [6.07, 6.45) is 4.85. The average Bonchev–Trinajstić information content (AvgIpc) is 3.19. The number of rotatable bonds is 5. The summed E-state index contributed by atoms with van der Waals surface area (Å²) in [7, 11) is 1.91. The van der Waals surface area contributed by atoms with Gasteiger partial charge in [0.15, 0.2) is 5.82 Å². The van der Waals surface area contributed by atoms with Crippen LogP contribution >= 0.6 is 0 Å². The van der Waals surface area contributed by atoms with E-state index in [-0.39, 0.29) is 0 Å². The van der Waals surface area contributed by atoms with Crippen LogP contribution in [0.3, 0.4) is 0 Å². The summed E-state index contributed by atoms with van der Waals surface area (Å²) >= 11 is 0. The normalized spacial score (nSPS) is 16.5. The number of hydrogen-bond acceptors (Lipinski definition) is 6. The summed E-state index contributed by atoms with van der Waals surface area (Å²) in [6, 6.07) is 2.13. The van der Waals surface area contributed by atoms with Gasteiger partial charge in [-0.2, -0.15) is 4.98 Å². The molecule has 2 aromatic heterocycles. The Balaban J connectivity index is 1.79. The topological polar surface area (TPSA) is 76.7 Å². The van der Waals surface area contributed by atoms with Crippen LogP contribution in [0.1, 0.15) is 37.3 Å². The molecule has 0 aliphatic heterocycles. The van der Waals surface area contributed by atoms with Gasteiger partial charge in [-0.1, -0.05) is 5.16 Å². The summed E-state index contributed by atoms with van der Waals surface area (Å²) in [5, 5.41) is 7.13.